The lowest BCUT2D eigenvalue weighted by Gasteiger charge is -2.13. The van der Waals surface area contributed by atoms with Crippen molar-refractivity contribution in [2.24, 2.45) is 0 Å². The minimum atomic E-state index is 0.939. The maximum Gasteiger partial charge on any atom is -0.00941 e. The van der Waals surface area contributed by atoms with Gasteiger partial charge in [-0.15, -0.1) is 0 Å². The van der Waals surface area contributed by atoms with Crippen LogP contribution in [0.5, 0.6) is 0 Å². The third-order valence-corrected chi connectivity index (χ3v) is 9.78. The second-order valence-corrected chi connectivity index (χ2v) is 13.0. The van der Waals surface area contributed by atoms with Crippen LogP contribution in [0.25, 0.3) is 66.4 Å². The minimum absolute atomic E-state index is 0.939. The number of hydrogen-bond acceptors (Lipinski definition) is 0. The fourth-order valence-corrected chi connectivity index (χ4v) is 7.31. The fourth-order valence-electron chi connectivity index (χ4n) is 7.31. The Morgan fingerprint density at radius 1 is 0.540 bits per heavy atom. The van der Waals surface area contributed by atoms with Crippen LogP contribution in [-0.2, 0) is 0 Å². The molecule has 0 unspecified atom stereocenters. The van der Waals surface area contributed by atoms with Gasteiger partial charge < -0.3 is 0 Å². The van der Waals surface area contributed by atoms with Crippen molar-refractivity contribution in [3.05, 3.63) is 215 Å². The Bertz CT molecular complexity index is 2750. The van der Waals surface area contributed by atoms with Crippen molar-refractivity contribution < 1.29 is 0 Å². The van der Waals surface area contributed by atoms with Gasteiger partial charge in [0.1, 0.15) is 0 Å². The molecule has 0 aliphatic heterocycles. The van der Waals surface area contributed by atoms with Crippen LogP contribution in [0.15, 0.2) is 194 Å². The van der Waals surface area contributed by atoms with E-state index < -0.39 is 0 Å². The molecule has 0 saturated heterocycles. The highest BCUT2D eigenvalue weighted by atomic mass is 14.1. The molecule has 8 aromatic carbocycles. The van der Waals surface area contributed by atoms with E-state index in [1.807, 2.05) is 0 Å². The van der Waals surface area contributed by atoms with Gasteiger partial charge in [0.2, 0.25) is 0 Å². The zero-order chi connectivity index (χ0) is 33.9. The summed E-state index contributed by atoms with van der Waals surface area (Å²) in [7, 11) is 0. The van der Waals surface area contributed by atoms with Crippen LogP contribution in [0.1, 0.15) is 17.5 Å². The second kappa shape index (κ2) is 13.7. The molecule has 0 radical (unpaired) electrons. The highest BCUT2D eigenvalue weighted by Gasteiger charge is 2.11. The van der Waals surface area contributed by atoms with Crippen molar-refractivity contribution >= 4 is 55.2 Å². The Morgan fingerprint density at radius 3 is 1.84 bits per heavy atom. The van der Waals surface area contributed by atoms with Crippen LogP contribution < -0.4 is 10.4 Å². The summed E-state index contributed by atoms with van der Waals surface area (Å²) in [4.78, 5) is 0. The van der Waals surface area contributed by atoms with E-state index in [1.165, 1.54) is 81.7 Å². The molecule has 0 amide bonds. The number of benzene rings is 8. The standard InChI is InChI=1S/C35H26.C15H12/c1-25-12-5-7-18-30(25)34(22-26-13-3-2-4-14-26)27-16-11-17-28(23-27)35-24-29-15-6-8-19-31(29)32-20-9-10-21-33(32)35;1-11-10-12-6-2-3-8-14(12)15-9-5-4-7-13(11)15/h2-13,15-24H,1,14H2;2-10H,1H3/b26-22-,34-30+;. The first-order chi connectivity index (χ1) is 24.6. The van der Waals surface area contributed by atoms with Crippen LogP contribution in [0, 0.1) is 6.92 Å². The lowest BCUT2D eigenvalue weighted by atomic mass is 9.90. The Hall–Kier alpha value is -6.24. The number of fused-ring (bicyclic) bond motifs is 6. The normalized spacial score (nSPS) is 13.9. The van der Waals surface area contributed by atoms with Gasteiger partial charge in [-0.1, -0.05) is 183 Å². The average Bonchev–Trinajstić information content (AvgIpc) is 3.18. The molecule has 0 N–H and O–H groups in total. The van der Waals surface area contributed by atoms with Crippen molar-refractivity contribution in [3.8, 4) is 11.1 Å². The smallest absolute Gasteiger partial charge is 0.00941 e. The Balaban J connectivity index is 0.000000200. The molecule has 238 valence electrons. The zero-order valence-corrected chi connectivity index (χ0v) is 28.3. The SMILES string of the molecule is C=c1cccc/c1=C(/C=C1/C=CC=CC1)c1cccc(-c2cc3ccccc3c3ccccc23)c1.Cc1cc2ccccc2c2ccccc12. The van der Waals surface area contributed by atoms with E-state index in [1.54, 1.807) is 0 Å². The lowest BCUT2D eigenvalue weighted by Crippen LogP contribution is -2.25. The van der Waals surface area contributed by atoms with Gasteiger partial charge in [0, 0.05) is 0 Å². The summed E-state index contributed by atoms with van der Waals surface area (Å²) >= 11 is 0. The predicted octanol–water partition coefficient (Wildman–Crippen LogP) is 12.0. The van der Waals surface area contributed by atoms with Gasteiger partial charge in [-0.05, 0) is 112 Å². The summed E-state index contributed by atoms with van der Waals surface area (Å²) < 4.78 is 0. The van der Waals surface area contributed by atoms with E-state index in [0.29, 0.717) is 0 Å². The first kappa shape index (κ1) is 31.1. The highest BCUT2D eigenvalue weighted by Crippen LogP contribution is 2.36. The summed E-state index contributed by atoms with van der Waals surface area (Å²) in [6.07, 6.45) is 11.9. The summed E-state index contributed by atoms with van der Waals surface area (Å²) in [5.74, 6) is 0. The fraction of sp³-hybridized carbons (Fsp3) is 0.0400. The molecule has 0 bridgehead atoms. The van der Waals surface area contributed by atoms with Crippen LogP contribution >= 0.6 is 0 Å². The quantitative estimate of drug-likeness (QED) is 0.169. The molecular weight excluding hydrogens is 601 g/mol. The second-order valence-electron chi connectivity index (χ2n) is 13.0. The van der Waals surface area contributed by atoms with Crippen LogP contribution in [0.3, 0.4) is 0 Å². The van der Waals surface area contributed by atoms with Gasteiger partial charge in [0.05, 0.1) is 0 Å². The molecule has 0 saturated carbocycles. The van der Waals surface area contributed by atoms with Crippen molar-refractivity contribution in [2.45, 2.75) is 13.3 Å². The monoisotopic (exact) mass is 638 g/mol. The highest BCUT2D eigenvalue weighted by molar-refractivity contribution is 6.14. The Labute approximate surface area is 294 Å². The molecule has 50 heavy (non-hydrogen) atoms. The molecule has 1 aliphatic rings. The molecule has 0 atom stereocenters. The van der Waals surface area contributed by atoms with Gasteiger partial charge in [0.15, 0.2) is 0 Å². The van der Waals surface area contributed by atoms with E-state index in [0.717, 1.165) is 11.6 Å². The van der Waals surface area contributed by atoms with Crippen LogP contribution in [-0.4, -0.2) is 0 Å². The van der Waals surface area contributed by atoms with Gasteiger partial charge in [-0.25, -0.2) is 0 Å². The largest absolute Gasteiger partial charge is 0.0911 e. The number of rotatable bonds is 3. The number of allylic oxidation sites excluding steroid dienone is 6. The molecule has 0 heteroatoms. The van der Waals surface area contributed by atoms with Gasteiger partial charge >= 0.3 is 0 Å². The van der Waals surface area contributed by atoms with E-state index in [4.69, 9.17) is 0 Å². The molecule has 0 nitrogen and oxygen atoms in total. The summed E-state index contributed by atoms with van der Waals surface area (Å²) in [6.45, 7) is 6.51. The zero-order valence-electron chi connectivity index (χ0n) is 28.3. The van der Waals surface area contributed by atoms with Gasteiger partial charge in [-0.3, -0.25) is 0 Å². The van der Waals surface area contributed by atoms with Crippen molar-refractivity contribution in [2.75, 3.05) is 0 Å². The molecule has 0 fully saturated rings. The number of aryl methyl sites for hydroxylation is 1. The lowest BCUT2D eigenvalue weighted by molar-refractivity contribution is 1.26. The molecule has 9 rings (SSSR count). The summed E-state index contributed by atoms with van der Waals surface area (Å²) in [5, 5.41) is 12.7. The summed E-state index contributed by atoms with van der Waals surface area (Å²) in [5.41, 5.74) is 7.54. The van der Waals surface area contributed by atoms with E-state index >= 15 is 0 Å². The molecule has 0 heterocycles. The molecule has 0 spiro atoms. The Kier molecular flexibility index (Phi) is 8.51. The first-order valence-corrected chi connectivity index (χ1v) is 17.3. The van der Waals surface area contributed by atoms with E-state index in [-0.39, 0.29) is 0 Å². The minimum Gasteiger partial charge on any atom is -0.0911 e. The average molecular weight is 639 g/mol. The van der Waals surface area contributed by atoms with E-state index in [9.17, 15) is 0 Å². The molecule has 8 aromatic rings. The van der Waals surface area contributed by atoms with Gasteiger partial charge in [-0.2, -0.15) is 0 Å². The first-order valence-electron chi connectivity index (χ1n) is 17.3. The van der Waals surface area contributed by atoms with Crippen molar-refractivity contribution in [3.63, 3.8) is 0 Å². The number of hydrogen-bond donors (Lipinski definition) is 0. The van der Waals surface area contributed by atoms with Crippen molar-refractivity contribution in [1.82, 2.24) is 0 Å². The van der Waals surface area contributed by atoms with E-state index in [2.05, 4.69) is 202 Å². The maximum atomic E-state index is 4.33. The van der Waals surface area contributed by atoms with Crippen LogP contribution in [0.2, 0.25) is 0 Å². The topological polar surface area (TPSA) is 0 Å². The predicted molar refractivity (Wildman–Crippen MR) is 218 cm³/mol. The summed E-state index contributed by atoms with van der Waals surface area (Å²) in [6, 6.07) is 56.5. The maximum absolute atomic E-state index is 4.33. The molecular formula is C50H38. The Morgan fingerprint density at radius 2 is 1.14 bits per heavy atom. The third kappa shape index (κ3) is 6.09. The van der Waals surface area contributed by atoms with Gasteiger partial charge in [0.25, 0.3) is 0 Å². The third-order valence-electron chi connectivity index (χ3n) is 9.78. The van der Waals surface area contributed by atoms with Crippen LogP contribution in [0.4, 0.5) is 0 Å². The van der Waals surface area contributed by atoms with Crippen molar-refractivity contribution in [1.29, 1.82) is 0 Å². The molecule has 0 aromatic heterocycles. The molecule has 1 aliphatic carbocycles.